The first-order valence-corrected chi connectivity index (χ1v) is 10.3. The van der Waals surface area contributed by atoms with Crippen LogP contribution < -0.4 is 10.1 Å². The predicted molar refractivity (Wildman–Crippen MR) is 117 cm³/mol. The Hall–Kier alpha value is -3.38. The average Bonchev–Trinajstić information content (AvgIpc) is 3.40. The van der Waals surface area contributed by atoms with E-state index in [4.69, 9.17) is 9.72 Å². The topological polar surface area (TPSA) is 56.1 Å². The molecular formula is C23H21N3O2S. The molecule has 0 atom stereocenters. The molecule has 1 N–H and O–H groups in total. The van der Waals surface area contributed by atoms with Gasteiger partial charge in [0.2, 0.25) is 5.91 Å². The van der Waals surface area contributed by atoms with Gasteiger partial charge in [0.05, 0.1) is 18.0 Å². The monoisotopic (exact) mass is 403 g/mol. The maximum Gasteiger partial charge on any atom is 0.244 e. The van der Waals surface area contributed by atoms with Crippen LogP contribution in [0.2, 0.25) is 0 Å². The SMILES string of the molecule is CCOc1ccc(NC(=O)Cn2cccc2-c2nc(-c3ccccc3)cs2)cc1. The summed E-state index contributed by atoms with van der Waals surface area (Å²) in [6, 6.07) is 21.4. The normalized spacial score (nSPS) is 10.7. The Morgan fingerprint density at radius 1 is 1.07 bits per heavy atom. The lowest BCUT2D eigenvalue weighted by Crippen LogP contribution is -2.18. The first-order valence-electron chi connectivity index (χ1n) is 9.42. The maximum absolute atomic E-state index is 12.5. The van der Waals surface area contributed by atoms with Crippen LogP contribution in [0.25, 0.3) is 22.0 Å². The summed E-state index contributed by atoms with van der Waals surface area (Å²) < 4.78 is 7.34. The zero-order valence-corrected chi connectivity index (χ0v) is 16.9. The van der Waals surface area contributed by atoms with Gasteiger partial charge in [0, 0.05) is 22.8 Å². The van der Waals surface area contributed by atoms with Gasteiger partial charge in [-0.15, -0.1) is 11.3 Å². The lowest BCUT2D eigenvalue weighted by molar-refractivity contribution is -0.116. The molecule has 0 spiro atoms. The van der Waals surface area contributed by atoms with Crippen LogP contribution in [0.4, 0.5) is 5.69 Å². The molecular weight excluding hydrogens is 382 g/mol. The first kappa shape index (κ1) is 19.0. The molecule has 0 aliphatic heterocycles. The fourth-order valence-electron chi connectivity index (χ4n) is 3.04. The van der Waals surface area contributed by atoms with E-state index in [9.17, 15) is 4.79 Å². The van der Waals surface area contributed by atoms with Crippen molar-refractivity contribution < 1.29 is 9.53 Å². The van der Waals surface area contributed by atoms with Gasteiger partial charge in [0.15, 0.2) is 0 Å². The zero-order chi connectivity index (χ0) is 20.1. The molecule has 1 amide bonds. The molecule has 2 aromatic heterocycles. The number of hydrogen-bond acceptors (Lipinski definition) is 4. The number of thiazole rings is 1. The van der Waals surface area contributed by atoms with E-state index in [-0.39, 0.29) is 12.5 Å². The molecule has 0 aliphatic carbocycles. The van der Waals surface area contributed by atoms with E-state index in [1.165, 1.54) is 0 Å². The Kier molecular flexibility index (Phi) is 5.72. The molecule has 0 fully saturated rings. The van der Waals surface area contributed by atoms with Crippen LogP contribution in [0.1, 0.15) is 6.92 Å². The van der Waals surface area contributed by atoms with Crippen LogP contribution in [0, 0.1) is 0 Å². The van der Waals surface area contributed by atoms with E-state index in [2.05, 4.69) is 5.32 Å². The van der Waals surface area contributed by atoms with Gasteiger partial charge in [-0.25, -0.2) is 4.98 Å². The standard InChI is InChI=1S/C23H21N3O2S/c1-2-28-19-12-10-18(11-13-19)24-22(27)15-26-14-6-9-21(26)23-25-20(16-29-23)17-7-4-3-5-8-17/h3-14,16H,2,15H2,1H3,(H,24,27). The minimum absolute atomic E-state index is 0.0913. The number of aromatic nitrogens is 2. The van der Waals surface area contributed by atoms with Crippen LogP contribution in [-0.2, 0) is 11.3 Å². The summed E-state index contributed by atoms with van der Waals surface area (Å²) in [6.45, 7) is 2.77. The molecule has 0 saturated carbocycles. The number of nitrogens with one attached hydrogen (secondary N) is 1. The number of anilines is 1. The number of nitrogens with zero attached hydrogens (tertiary/aromatic N) is 2. The number of rotatable bonds is 7. The molecule has 6 heteroatoms. The van der Waals surface area contributed by atoms with Crippen molar-refractivity contribution in [3.8, 4) is 27.7 Å². The van der Waals surface area contributed by atoms with Crippen molar-refractivity contribution in [3.05, 3.63) is 78.3 Å². The Balaban J connectivity index is 1.45. The summed E-state index contributed by atoms with van der Waals surface area (Å²) in [6.07, 6.45) is 1.90. The Bertz CT molecular complexity index is 1080. The largest absolute Gasteiger partial charge is 0.494 e. The highest BCUT2D eigenvalue weighted by molar-refractivity contribution is 7.13. The second-order valence-electron chi connectivity index (χ2n) is 6.43. The summed E-state index contributed by atoms with van der Waals surface area (Å²) in [5.74, 6) is 0.697. The highest BCUT2D eigenvalue weighted by Crippen LogP contribution is 2.29. The molecule has 4 aromatic rings. The summed E-state index contributed by atoms with van der Waals surface area (Å²) in [5, 5.41) is 5.86. The van der Waals surface area contributed by atoms with Gasteiger partial charge >= 0.3 is 0 Å². The zero-order valence-electron chi connectivity index (χ0n) is 16.0. The van der Waals surface area contributed by atoms with Gasteiger partial charge in [0.25, 0.3) is 0 Å². The Morgan fingerprint density at radius 2 is 1.86 bits per heavy atom. The van der Waals surface area contributed by atoms with Gasteiger partial charge in [-0.1, -0.05) is 30.3 Å². The predicted octanol–water partition coefficient (Wildman–Crippen LogP) is 5.32. The van der Waals surface area contributed by atoms with Crippen LogP contribution >= 0.6 is 11.3 Å². The lowest BCUT2D eigenvalue weighted by Gasteiger charge is -2.09. The fraction of sp³-hybridized carbons (Fsp3) is 0.130. The third-order valence-electron chi connectivity index (χ3n) is 4.39. The molecule has 2 aromatic carbocycles. The third-order valence-corrected chi connectivity index (χ3v) is 5.25. The summed E-state index contributed by atoms with van der Waals surface area (Å²) in [7, 11) is 0. The number of ether oxygens (including phenoxy) is 1. The van der Waals surface area contributed by atoms with E-state index < -0.39 is 0 Å². The van der Waals surface area contributed by atoms with E-state index in [1.807, 2.05) is 89.8 Å². The Morgan fingerprint density at radius 3 is 2.62 bits per heavy atom. The molecule has 5 nitrogen and oxygen atoms in total. The summed E-state index contributed by atoms with van der Waals surface area (Å²) in [5.41, 5.74) is 3.70. The molecule has 0 radical (unpaired) electrons. The number of hydrogen-bond donors (Lipinski definition) is 1. The van der Waals surface area contributed by atoms with Crippen molar-refractivity contribution >= 4 is 22.9 Å². The number of carbonyl (C=O) groups is 1. The number of amides is 1. The molecule has 0 bridgehead atoms. The van der Waals surface area contributed by atoms with Gasteiger partial charge in [-0.3, -0.25) is 4.79 Å². The van der Waals surface area contributed by atoms with Crippen LogP contribution in [0.3, 0.4) is 0 Å². The number of carbonyl (C=O) groups excluding carboxylic acids is 1. The highest BCUT2D eigenvalue weighted by Gasteiger charge is 2.12. The van der Waals surface area contributed by atoms with E-state index in [0.29, 0.717) is 6.61 Å². The summed E-state index contributed by atoms with van der Waals surface area (Å²) >= 11 is 1.58. The van der Waals surface area contributed by atoms with Crippen LogP contribution in [0.15, 0.2) is 78.3 Å². The van der Waals surface area contributed by atoms with Crippen molar-refractivity contribution in [2.45, 2.75) is 13.5 Å². The average molecular weight is 404 g/mol. The van der Waals surface area contributed by atoms with Crippen LogP contribution in [-0.4, -0.2) is 22.1 Å². The van der Waals surface area contributed by atoms with Crippen molar-refractivity contribution in [3.63, 3.8) is 0 Å². The fourth-order valence-corrected chi connectivity index (χ4v) is 3.90. The van der Waals surface area contributed by atoms with Gasteiger partial charge < -0.3 is 14.6 Å². The number of benzene rings is 2. The van der Waals surface area contributed by atoms with E-state index in [1.54, 1.807) is 11.3 Å². The minimum atomic E-state index is -0.0913. The Labute approximate surface area is 173 Å². The minimum Gasteiger partial charge on any atom is -0.494 e. The van der Waals surface area contributed by atoms with Crippen molar-refractivity contribution in [2.24, 2.45) is 0 Å². The molecule has 0 saturated heterocycles. The molecule has 2 heterocycles. The molecule has 146 valence electrons. The van der Waals surface area contributed by atoms with Crippen molar-refractivity contribution in [2.75, 3.05) is 11.9 Å². The van der Waals surface area contributed by atoms with Gasteiger partial charge in [-0.2, -0.15) is 0 Å². The molecule has 4 rings (SSSR count). The quantitative estimate of drug-likeness (QED) is 0.455. The molecule has 29 heavy (non-hydrogen) atoms. The highest BCUT2D eigenvalue weighted by atomic mass is 32.1. The second kappa shape index (κ2) is 8.75. The van der Waals surface area contributed by atoms with E-state index in [0.717, 1.165) is 33.4 Å². The smallest absolute Gasteiger partial charge is 0.244 e. The lowest BCUT2D eigenvalue weighted by atomic mass is 10.2. The molecule has 0 unspecified atom stereocenters. The maximum atomic E-state index is 12.5. The summed E-state index contributed by atoms with van der Waals surface area (Å²) in [4.78, 5) is 17.3. The van der Waals surface area contributed by atoms with Crippen LogP contribution in [0.5, 0.6) is 5.75 Å². The molecule has 0 aliphatic rings. The third kappa shape index (κ3) is 4.55. The van der Waals surface area contributed by atoms with Gasteiger partial charge in [0.1, 0.15) is 17.3 Å². The second-order valence-corrected chi connectivity index (χ2v) is 7.29. The first-order chi connectivity index (χ1) is 14.2. The van der Waals surface area contributed by atoms with E-state index >= 15 is 0 Å². The van der Waals surface area contributed by atoms with Crippen molar-refractivity contribution in [1.29, 1.82) is 0 Å². The van der Waals surface area contributed by atoms with Gasteiger partial charge in [-0.05, 0) is 43.3 Å². The van der Waals surface area contributed by atoms with Crippen molar-refractivity contribution in [1.82, 2.24) is 9.55 Å².